The number of H-pyrrole nitrogens is 1. The Kier molecular flexibility index (Phi) is 3.92. The molecule has 21 heavy (non-hydrogen) atoms. The van der Waals surface area contributed by atoms with Gasteiger partial charge >= 0.3 is 5.97 Å². The molecule has 3 rings (SSSR count). The second-order valence-corrected chi connectivity index (χ2v) is 5.77. The van der Waals surface area contributed by atoms with Gasteiger partial charge in [-0.25, -0.2) is 4.98 Å². The predicted molar refractivity (Wildman–Crippen MR) is 77.7 cm³/mol. The summed E-state index contributed by atoms with van der Waals surface area (Å²) in [6.07, 6.45) is 3.07. The van der Waals surface area contributed by atoms with Crippen molar-refractivity contribution in [3.63, 3.8) is 0 Å². The van der Waals surface area contributed by atoms with Gasteiger partial charge in [-0.2, -0.15) is 0 Å². The van der Waals surface area contributed by atoms with Crippen molar-refractivity contribution in [1.29, 1.82) is 0 Å². The maximum absolute atomic E-state index is 11.8. The van der Waals surface area contributed by atoms with Gasteiger partial charge in [0.05, 0.1) is 6.54 Å². The summed E-state index contributed by atoms with van der Waals surface area (Å²) in [6.45, 7) is 3.02. The standard InChI is InChI=1S/C14H20N4O3/c19-12-8-11(15-14(16-12)10-2-3-10)18-5-1-4-17(6-7-18)9-13(20)21/h8,10H,1-7,9H2,(H,20,21)(H,15,16,19). The fraction of sp³-hybridized carbons (Fsp3) is 0.643. The summed E-state index contributed by atoms with van der Waals surface area (Å²) in [5, 5.41) is 8.87. The van der Waals surface area contributed by atoms with E-state index in [0.717, 1.165) is 44.0 Å². The summed E-state index contributed by atoms with van der Waals surface area (Å²) in [6, 6.07) is 1.54. The lowest BCUT2D eigenvalue weighted by Crippen LogP contribution is -2.34. The number of nitrogens with zero attached hydrogens (tertiary/aromatic N) is 3. The van der Waals surface area contributed by atoms with Crippen LogP contribution in [-0.2, 0) is 4.79 Å². The Morgan fingerprint density at radius 2 is 2.14 bits per heavy atom. The van der Waals surface area contributed by atoms with E-state index in [1.807, 2.05) is 4.90 Å². The fourth-order valence-electron chi connectivity index (χ4n) is 2.72. The summed E-state index contributed by atoms with van der Waals surface area (Å²) in [5.74, 6) is 1.13. The zero-order chi connectivity index (χ0) is 14.8. The van der Waals surface area contributed by atoms with Crippen molar-refractivity contribution in [2.45, 2.75) is 25.2 Å². The minimum atomic E-state index is -0.797. The fourth-order valence-corrected chi connectivity index (χ4v) is 2.72. The van der Waals surface area contributed by atoms with Crippen molar-refractivity contribution in [2.75, 3.05) is 37.6 Å². The minimum Gasteiger partial charge on any atom is -0.480 e. The molecule has 7 heteroatoms. The molecule has 2 aliphatic rings. The number of hydrogen-bond donors (Lipinski definition) is 2. The number of nitrogens with one attached hydrogen (secondary N) is 1. The molecule has 0 atom stereocenters. The average molecular weight is 292 g/mol. The molecule has 0 unspecified atom stereocenters. The number of anilines is 1. The van der Waals surface area contributed by atoms with E-state index < -0.39 is 5.97 Å². The van der Waals surface area contributed by atoms with Crippen molar-refractivity contribution in [3.8, 4) is 0 Å². The monoisotopic (exact) mass is 292 g/mol. The molecular formula is C14H20N4O3. The molecule has 1 aliphatic carbocycles. The van der Waals surface area contributed by atoms with Crippen molar-refractivity contribution >= 4 is 11.8 Å². The van der Waals surface area contributed by atoms with E-state index in [9.17, 15) is 9.59 Å². The lowest BCUT2D eigenvalue weighted by atomic mass is 10.3. The topological polar surface area (TPSA) is 89.5 Å². The van der Waals surface area contributed by atoms with Gasteiger partial charge in [-0.3, -0.25) is 14.5 Å². The number of carboxylic acids is 1. The second kappa shape index (κ2) is 5.85. The molecule has 1 aliphatic heterocycles. The molecular weight excluding hydrogens is 272 g/mol. The number of aromatic nitrogens is 2. The van der Waals surface area contributed by atoms with Crippen LogP contribution in [0, 0.1) is 0 Å². The highest BCUT2D eigenvalue weighted by Crippen LogP contribution is 2.37. The maximum atomic E-state index is 11.8. The van der Waals surface area contributed by atoms with Crippen LogP contribution in [0.2, 0.25) is 0 Å². The van der Waals surface area contributed by atoms with Crippen LogP contribution in [0.4, 0.5) is 5.82 Å². The van der Waals surface area contributed by atoms with Crippen LogP contribution in [-0.4, -0.2) is 58.7 Å². The summed E-state index contributed by atoms with van der Waals surface area (Å²) in [5.41, 5.74) is -0.103. The van der Waals surface area contributed by atoms with E-state index in [1.165, 1.54) is 0 Å². The van der Waals surface area contributed by atoms with Crippen molar-refractivity contribution < 1.29 is 9.90 Å². The molecule has 0 bridgehead atoms. The van der Waals surface area contributed by atoms with Crippen LogP contribution in [0.5, 0.6) is 0 Å². The Labute approximate surface area is 122 Å². The number of aliphatic carboxylic acids is 1. The lowest BCUT2D eigenvalue weighted by Gasteiger charge is -2.22. The Balaban J connectivity index is 1.72. The van der Waals surface area contributed by atoms with Gasteiger partial charge in [-0.1, -0.05) is 0 Å². The molecule has 0 aromatic carbocycles. The van der Waals surface area contributed by atoms with Gasteiger partial charge < -0.3 is 15.0 Å². The molecule has 7 nitrogen and oxygen atoms in total. The first-order chi connectivity index (χ1) is 10.1. The first-order valence-corrected chi connectivity index (χ1v) is 7.42. The molecule has 2 heterocycles. The van der Waals surface area contributed by atoms with Gasteiger partial charge in [0, 0.05) is 38.2 Å². The van der Waals surface area contributed by atoms with Crippen LogP contribution in [0.3, 0.4) is 0 Å². The van der Waals surface area contributed by atoms with Crippen LogP contribution < -0.4 is 10.5 Å². The highest BCUT2D eigenvalue weighted by molar-refractivity contribution is 5.69. The Morgan fingerprint density at radius 1 is 1.33 bits per heavy atom. The molecule has 1 aromatic heterocycles. The van der Waals surface area contributed by atoms with Gasteiger partial charge in [-0.05, 0) is 19.3 Å². The summed E-state index contributed by atoms with van der Waals surface area (Å²) in [7, 11) is 0. The first-order valence-electron chi connectivity index (χ1n) is 7.42. The van der Waals surface area contributed by atoms with E-state index in [4.69, 9.17) is 5.11 Å². The van der Waals surface area contributed by atoms with E-state index in [2.05, 4.69) is 14.9 Å². The smallest absolute Gasteiger partial charge is 0.317 e. The number of rotatable bonds is 4. The maximum Gasteiger partial charge on any atom is 0.317 e. The molecule has 114 valence electrons. The molecule has 2 fully saturated rings. The molecule has 0 spiro atoms. The van der Waals surface area contributed by atoms with Gasteiger partial charge in [0.2, 0.25) is 0 Å². The van der Waals surface area contributed by atoms with Gasteiger partial charge in [0.1, 0.15) is 11.6 Å². The highest BCUT2D eigenvalue weighted by atomic mass is 16.4. The summed E-state index contributed by atoms with van der Waals surface area (Å²) >= 11 is 0. The van der Waals surface area contributed by atoms with Crippen molar-refractivity contribution in [3.05, 3.63) is 22.2 Å². The Bertz CT molecular complexity index is 582. The van der Waals surface area contributed by atoms with E-state index in [-0.39, 0.29) is 12.1 Å². The molecule has 0 amide bonds. The molecule has 1 saturated heterocycles. The van der Waals surface area contributed by atoms with Crippen LogP contribution in [0.15, 0.2) is 10.9 Å². The second-order valence-electron chi connectivity index (χ2n) is 5.77. The molecule has 2 N–H and O–H groups in total. The van der Waals surface area contributed by atoms with Crippen LogP contribution in [0.1, 0.15) is 31.0 Å². The number of aromatic amines is 1. The molecule has 1 saturated carbocycles. The van der Waals surface area contributed by atoms with Crippen molar-refractivity contribution in [1.82, 2.24) is 14.9 Å². The Morgan fingerprint density at radius 3 is 2.86 bits per heavy atom. The van der Waals surface area contributed by atoms with E-state index in [1.54, 1.807) is 6.07 Å². The van der Waals surface area contributed by atoms with Gasteiger partial charge in [-0.15, -0.1) is 0 Å². The van der Waals surface area contributed by atoms with E-state index >= 15 is 0 Å². The number of hydrogen-bond acceptors (Lipinski definition) is 5. The summed E-state index contributed by atoms with van der Waals surface area (Å²) in [4.78, 5) is 34.0. The highest BCUT2D eigenvalue weighted by Gasteiger charge is 2.27. The third-order valence-electron chi connectivity index (χ3n) is 3.98. The molecule has 1 aromatic rings. The lowest BCUT2D eigenvalue weighted by molar-refractivity contribution is -0.138. The average Bonchev–Trinajstić information content (AvgIpc) is 3.25. The third-order valence-corrected chi connectivity index (χ3v) is 3.98. The Hall–Kier alpha value is -1.89. The SMILES string of the molecule is O=C(O)CN1CCCN(c2cc(=O)[nH]c(C3CC3)n2)CC1. The van der Waals surface area contributed by atoms with Gasteiger partial charge in [0.25, 0.3) is 5.56 Å². The summed E-state index contributed by atoms with van der Waals surface area (Å²) < 4.78 is 0. The van der Waals surface area contributed by atoms with E-state index in [0.29, 0.717) is 19.0 Å². The van der Waals surface area contributed by atoms with Crippen LogP contribution in [0.25, 0.3) is 0 Å². The predicted octanol–water partition coefficient (Wildman–Crippen LogP) is 0.244. The first kappa shape index (κ1) is 14.1. The van der Waals surface area contributed by atoms with Gasteiger partial charge in [0.15, 0.2) is 0 Å². The molecule has 0 radical (unpaired) electrons. The minimum absolute atomic E-state index is 0.0734. The number of carboxylic acid groups (broad SMARTS) is 1. The van der Waals surface area contributed by atoms with Crippen molar-refractivity contribution in [2.24, 2.45) is 0 Å². The van der Waals surface area contributed by atoms with Crippen LogP contribution >= 0.6 is 0 Å². The largest absolute Gasteiger partial charge is 0.480 e. The quantitative estimate of drug-likeness (QED) is 0.826. The number of carbonyl (C=O) groups is 1. The zero-order valence-corrected chi connectivity index (χ0v) is 11.9. The normalized spacial score (nSPS) is 20.3. The third kappa shape index (κ3) is 3.60. The zero-order valence-electron chi connectivity index (χ0n) is 11.9.